The summed E-state index contributed by atoms with van der Waals surface area (Å²) in [6.45, 7) is 0.246. The van der Waals surface area contributed by atoms with Gasteiger partial charge in [0.05, 0.1) is 11.2 Å². The van der Waals surface area contributed by atoms with Crippen molar-refractivity contribution in [2.75, 3.05) is 6.54 Å². The summed E-state index contributed by atoms with van der Waals surface area (Å²) < 4.78 is 38.5. The molecule has 2 heterocycles. The maximum Gasteiger partial charge on any atom is 0.155 e. The second-order valence-corrected chi connectivity index (χ2v) is 7.49. The first-order valence-corrected chi connectivity index (χ1v) is 10.0. The zero-order valence-corrected chi connectivity index (χ0v) is 16.1. The van der Waals surface area contributed by atoms with Crippen molar-refractivity contribution < 1.29 is 13.2 Å². The van der Waals surface area contributed by atoms with Crippen LogP contribution in [0.3, 0.4) is 0 Å². The van der Waals surface area contributed by atoms with Crippen LogP contribution in [0, 0.1) is 5.82 Å². The largest absolute Gasteiger partial charge is 0.760 e. The number of aromatic amines is 1. The lowest BCUT2D eigenvalue weighted by atomic mass is 9.97. The van der Waals surface area contributed by atoms with Crippen LogP contribution >= 0.6 is 11.6 Å². The third-order valence-corrected chi connectivity index (χ3v) is 5.35. The number of pyridine rings is 1. The van der Waals surface area contributed by atoms with Gasteiger partial charge < -0.3 is 4.55 Å². The Balaban J connectivity index is 1.70. The highest BCUT2D eigenvalue weighted by atomic mass is 35.5. The van der Waals surface area contributed by atoms with Crippen molar-refractivity contribution in [3.05, 3.63) is 59.1 Å². The molecule has 6 nitrogen and oxygen atoms in total. The summed E-state index contributed by atoms with van der Waals surface area (Å²) in [4.78, 5) is 4.33. The Bertz CT molecular complexity index is 1200. The average Bonchev–Trinajstić information content (AvgIpc) is 3.15. The van der Waals surface area contributed by atoms with Gasteiger partial charge in [0.2, 0.25) is 0 Å². The summed E-state index contributed by atoms with van der Waals surface area (Å²) in [6, 6.07) is 8.87. The maximum absolute atomic E-state index is 15.2. The Kier molecular flexibility index (Phi) is 5.36. The van der Waals surface area contributed by atoms with E-state index < -0.39 is 17.1 Å². The van der Waals surface area contributed by atoms with E-state index in [1.165, 1.54) is 0 Å². The third kappa shape index (κ3) is 3.64. The van der Waals surface area contributed by atoms with Gasteiger partial charge in [-0.3, -0.25) is 9.31 Å². The molecular weight excluding hydrogens is 403 g/mol. The van der Waals surface area contributed by atoms with Crippen molar-refractivity contribution in [2.45, 2.75) is 12.8 Å². The van der Waals surface area contributed by atoms with Crippen molar-refractivity contribution in [3.8, 4) is 11.1 Å². The van der Waals surface area contributed by atoms with E-state index in [0.717, 1.165) is 16.2 Å². The van der Waals surface area contributed by atoms with Crippen LogP contribution in [0.15, 0.2) is 42.7 Å². The fraction of sp³-hybridized carbons (Fsp3) is 0.158. The smallest absolute Gasteiger partial charge is 0.155 e. The van der Waals surface area contributed by atoms with Crippen LogP contribution in [-0.2, 0) is 17.7 Å². The molecule has 9 heteroatoms. The van der Waals surface area contributed by atoms with Gasteiger partial charge in [-0.1, -0.05) is 29.8 Å². The Morgan fingerprint density at radius 2 is 2.07 bits per heavy atom. The molecule has 2 N–H and O–H groups in total. The summed E-state index contributed by atoms with van der Waals surface area (Å²) in [5.74, 6) is -0.396. The molecule has 0 saturated heterocycles. The zero-order valence-electron chi connectivity index (χ0n) is 14.5. The number of rotatable bonds is 6. The molecule has 28 heavy (non-hydrogen) atoms. The molecule has 0 spiro atoms. The molecule has 0 bridgehead atoms. The molecule has 1 atom stereocenters. The van der Waals surface area contributed by atoms with Gasteiger partial charge in [-0.2, -0.15) is 5.10 Å². The van der Waals surface area contributed by atoms with E-state index in [4.69, 9.17) is 11.6 Å². The van der Waals surface area contributed by atoms with Crippen LogP contribution in [0.1, 0.15) is 12.0 Å². The number of nitrogens with zero attached hydrogens (tertiary/aromatic N) is 2. The Morgan fingerprint density at radius 1 is 1.21 bits per heavy atom. The minimum Gasteiger partial charge on any atom is -0.760 e. The van der Waals surface area contributed by atoms with Crippen LogP contribution in [-0.4, -0.2) is 30.5 Å². The summed E-state index contributed by atoms with van der Waals surface area (Å²) in [5, 5.41) is 9.87. The fourth-order valence-electron chi connectivity index (χ4n) is 3.27. The summed E-state index contributed by atoms with van der Waals surface area (Å²) in [7, 11) is 0. The van der Waals surface area contributed by atoms with Crippen LogP contribution in [0.4, 0.5) is 4.39 Å². The molecule has 0 fully saturated rings. The highest BCUT2D eigenvalue weighted by Gasteiger charge is 2.15. The van der Waals surface area contributed by atoms with Gasteiger partial charge >= 0.3 is 0 Å². The first kappa shape index (κ1) is 18.9. The van der Waals surface area contributed by atoms with E-state index in [0.29, 0.717) is 40.2 Å². The van der Waals surface area contributed by atoms with E-state index in [9.17, 15) is 8.76 Å². The van der Waals surface area contributed by atoms with E-state index in [1.54, 1.807) is 24.5 Å². The monoisotopic (exact) mass is 417 g/mol. The van der Waals surface area contributed by atoms with Crippen molar-refractivity contribution >= 4 is 44.7 Å². The molecule has 0 aliphatic heterocycles. The second-order valence-electron chi connectivity index (χ2n) is 6.32. The van der Waals surface area contributed by atoms with E-state index >= 15 is 4.39 Å². The SMILES string of the molecule is O=S([O-])NCCCc1ccc(Cl)c(-c2ccc3c(cnc4[nH]ncc43)c2)c1F. The number of H-pyrrole nitrogens is 1. The Labute approximate surface area is 167 Å². The molecule has 0 radical (unpaired) electrons. The third-order valence-electron chi connectivity index (χ3n) is 4.60. The van der Waals surface area contributed by atoms with Crippen LogP contribution in [0.2, 0.25) is 5.02 Å². The highest BCUT2D eigenvalue weighted by molar-refractivity contribution is 7.77. The second kappa shape index (κ2) is 7.92. The molecule has 0 amide bonds. The van der Waals surface area contributed by atoms with Crippen LogP contribution < -0.4 is 4.72 Å². The quantitative estimate of drug-likeness (QED) is 0.367. The highest BCUT2D eigenvalue weighted by Crippen LogP contribution is 2.35. The lowest BCUT2D eigenvalue weighted by molar-refractivity contribution is 0.521. The number of benzene rings is 2. The van der Waals surface area contributed by atoms with Crippen molar-refractivity contribution in [1.29, 1.82) is 0 Å². The van der Waals surface area contributed by atoms with E-state index in [-0.39, 0.29) is 6.54 Å². The predicted octanol–water partition coefficient (Wildman–Crippen LogP) is 3.89. The molecule has 0 saturated carbocycles. The number of aromatic nitrogens is 3. The molecule has 144 valence electrons. The zero-order chi connectivity index (χ0) is 19.7. The van der Waals surface area contributed by atoms with Gasteiger partial charge in [0.15, 0.2) is 5.65 Å². The molecule has 0 aliphatic rings. The summed E-state index contributed by atoms with van der Waals surface area (Å²) in [6.07, 6.45) is 4.29. The number of aryl methyl sites for hydroxylation is 1. The summed E-state index contributed by atoms with van der Waals surface area (Å²) in [5.41, 5.74) is 2.16. The Morgan fingerprint density at radius 3 is 2.89 bits per heavy atom. The van der Waals surface area contributed by atoms with Gasteiger partial charge in [-0.15, -0.1) is 0 Å². The van der Waals surface area contributed by atoms with Gasteiger partial charge in [-0.05, 0) is 41.5 Å². The predicted molar refractivity (Wildman–Crippen MR) is 107 cm³/mol. The normalized spacial score (nSPS) is 12.7. The number of fused-ring (bicyclic) bond motifs is 3. The number of hydrogen-bond acceptors (Lipinski definition) is 4. The fourth-order valence-corrected chi connectivity index (χ4v) is 3.83. The number of nitrogens with one attached hydrogen (secondary N) is 2. The number of hydrogen-bond donors (Lipinski definition) is 2. The number of halogens is 2. The molecule has 2 aromatic carbocycles. The first-order chi connectivity index (χ1) is 13.5. The van der Waals surface area contributed by atoms with E-state index in [2.05, 4.69) is 19.9 Å². The standard InChI is InChI=1S/C19H16ClFN4O2S/c20-16-6-4-11(2-1-7-24-28(26)27)18(21)17(16)12-3-5-14-13(8-12)9-22-19-15(14)10-23-25-19/h3-6,8-10,24H,1-2,7H2,(H,26,27)(H,22,23,25)/p-1. The van der Waals surface area contributed by atoms with Crippen LogP contribution in [0.5, 0.6) is 0 Å². The minimum atomic E-state index is -2.31. The van der Waals surface area contributed by atoms with Crippen molar-refractivity contribution in [3.63, 3.8) is 0 Å². The minimum absolute atomic E-state index is 0.246. The molecule has 4 aromatic rings. The van der Waals surface area contributed by atoms with Gasteiger partial charge in [-0.25, -0.2) is 14.1 Å². The van der Waals surface area contributed by atoms with Crippen molar-refractivity contribution in [1.82, 2.24) is 19.9 Å². The first-order valence-electron chi connectivity index (χ1n) is 8.56. The lowest BCUT2D eigenvalue weighted by Gasteiger charge is -2.12. The molecule has 2 aromatic heterocycles. The Hall–Kier alpha value is -2.39. The van der Waals surface area contributed by atoms with E-state index in [1.807, 2.05) is 18.2 Å². The topological polar surface area (TPSA) is 93.7 Å². The molecule has 1 unspecified atom stereocenters. The molecular formula is C19H15ClFN4O2S-. The average molecular weight is 418 g/mol. The molecule has 0 aliphatic carbocycles. The van der Waals surface area contributed by atoms with Gasteiger partial charge in [0.1, 0.15) is 5.82 Å². The van der Waals surface area contributed by atoms with Crippen molar-refractivity contribution in [2.24, 2.45) is 0 Å². The lowest BCUT2D eigenvalue weighted by Crippen LogP contribution is -2.18. The maximum atomic E-state index is 15.2. The van der Waals surface area contributed by atoms with Gasteiger partial charge in [0, 0.05) is 40.3 Å². The summed E-state index contributed by atoms with van der Waals surface area (Å²) >= 11 is 3.99. The molecule has 4 rings (SSSR count). The van der Waals surface area contributed by atoms with Crippen LogP contribution in [0.25, 0.3) is 32.9 Å². The van der Waals surface area contributed by atoms with Gasteiger partial charge in [0.25, 0.3) is 0 Å².